The molecule has 90 valence electrons. The van der Waals surface area contributed by atoms with Crippen molar-refractivity contribution in [2.24, 2.45) is 5.92 Å². The molecular weight excluding hydrogens is 212 g/mol. The molecule has 2 saturated heterocycles. The highest BCUT2D eigenvalue weighted by Crippen LogP contribution is 2.44. The van der Waals surface area contributed by atoms with E-state index in [4.69, 9.17) is 4.74 Å². The predicted octanol–water partition coefficient (Wildman–Crippen LogP) is 3.11. The Balaban J connectivity index is 1.66. The molecular formula is C15H18O2. The summed E-state index contributed by atoms with van der Waals surface area (Å²) in [5, 5.41) is 0. The number of aryl methyl sites for hydroxylation is 1. The minimum Gasteiger partial charge on any atom is -0.459 e. The molecule has 0 radical (unpaired) electrons. The van der Waals surface area contributed by atoms with Gasteiger partial charge in [-0.25, -0.2) is 0 Å². The third-order valence-corrected chi connectivity index (χ3v) is 4.26. The summed E-state index contributed by atoms with van der Waals surface area (Å²) >= 11 is 0. The van der Waals surface area contributed by atoms with E-state index < -0.39 is 0 Å². The van der Waals surface area contributed by atoms with Crippen LogP contribution in [0.3, 0.4) is 0 Å². The standard InChI is InChI=1S/C15H18O2/c16-14-13-7-10-15(17-14,11-8-13)9-6-12-4-2-1-3-5-12/h1-5,13H,6-11H2. The zero-order chi connectivity index (χ0) is 11.7. The molecule has 2 heterocycles. The number of hydrogen-bond acceptors (Lipinski definition) is 2. The van der Waals surface area contributed by atoms with Crippen LogP contribution < -0.4 is 0 Å². The first-order valence-corrected chi connectivity index (χ1v) is 6.54. The summed E-state index contributed by atoms with van der Waals surface area (Å²) in [5.74, 6) is 0.254. The van der Waals surface area contributed by atoms with Gasteiger partial charge < -0.3 is 4.74 Å². The summed E-state index contributed by atoms with van der Waals surface area (Å²) < 4.78 is 5.66. The number of rotatable bonds is 3. The molecule has 3 fully saturated rings. The number of hydrogen-bond donors (Lipinski definition) is 0. The molecule has 4 rings (SSSR count). The van der Waals surface area contributed by atoms with E-state index in [0.717, 1.165) is 38.5 Å². The van der Waals surface area contributed by atoms with Crippen LogP contribution >= 0.6 is 0 Å². The van der Waals surface area contributed by atoms with Crippen LogP contribution in [0.5, 0.6) is 0 Å². The Morgan fingerprint density at radius 3 is 2.53 bits per heavy atom. The first kappa shape index (κ1) is 10.8. The monoisotopic (exact) mass is 230 g/mol. The molecule has 17 heavy (non-hydrogen) atoms. The van der Waals surface area contributed by atoms with Crippen LogP contribution in [0.25, 0.3) is 0 Å². The Morgan fingerprint density at radius 1 is 1.18 bits per heavy atom. The summed E-state index contributed by atoms with van der Waals surface area (Å²) in [6, 6.07) is 10.5. The van der Waals surface area contributed by atoms with Gasteiger partial charge in [-0.15, -0.1) is 0 Å². The van der Waals surface area contributed by atoms with E-state index in [2.05, 4.69) is 24.3 Å². The molecule has 2 bridgehead atoms. The number of carbonyl (C=O) groups is 1. The lowest BCUT2D eigenvalue weighted by molar-refractivity contribution is -0.188. The van der Waals surface area contributed by atoms with E-state index in [-0.39, 0.29) is 17.5 Å². The van der Waals surface area contributed by atoms with Gasteiger partial charge in [-0.05, 0) is 44.1 Å². The molecule has 2 aliphatic heterocycles. The summed E-state index contributed by atoms with van der Waals surface area (Å²) in [5.41, 5.74) is 1.20. The van der Waals surface area contributed by atoms with Gasteiger partial charge in [0.2, 0.25) is 0 Å². The van der Waals surface area contributed by atoms with Crippen LogP contribution in [-0.4, -0.2) is 11.6 Å². The fourth-order valence-electron chi connectivity index (χ4n) is 3.10. The van der Waals surface area contributed by atoms with Crippen molar-refractivity contribution in [3.05, 3.63) is 35.9 Å². The molecule has 0 aromatic heterocycles. The quantitative estimate of drug-likeness (QED) is 0.746. The van der Waals surface area contributed by atoms with Crippen molar-refractivity contribution < 1.29 is 9.53 Å². The summed E-state index contributed by atoms with van der Waals surface area (Å²) in [7, 11) is 0. The zero-order valence-corrected chi connectivity index (χ0v) is 10.0. The van der Waals surface area contributed by atoms with E-state index >= 15 is 0 Å². The highest BCUT2D eigenvalue weighted by molar-refractivity contribution is 5.74. The molecule has 0 atom stereocenters. The van der Waals surface area contributed by atoms with Crippen LogP contribution in [0.15, 0.2) is 30.3 Å². The highest BCUT2D eigenvalue weighted by atomic mass is 16.6. The third kappa shape index (κ3) is 2.08. The number of fused-ring (bicyclic) bond motifs is 3. The minimum absolute atomic E-state index is 0.0514. The van der Waals surface area contributed by atoms with Gasteiger partial charge in [0.05, 0.1) is 5.92 Å². The molecule has 1 saturated carbocycles. The average molecular weight is 230 g/mol. The van der Waals surface area contributed by atoms with Crippen LogP contribution in [0.1, 0.15) is 37.7 Å². The van der Waals surface area contributed by atoms with Gasteiger partial charge in [0.1, 0.15) is 5.60 Å². The van der Waals surface area contributed by atoms with Crippen molar-refractivity contribution in [1.82, 2.24) is 0 Å². The maximum atomic E-state index is 11.7. The van der Waals surface area contributed by atoms with E-state index in [1.54, 1.807) is 0 Å². The summed E-state index contributed by atoms with van der Waals surface area (Å²) in [6.45, 7) is 0. The maximum absolute atomic E-state index is 11.7. The van der Waals surface area contributed by atoms with E-state index in [1.807, 2.05) is 6.07 Å². The number of ether oxygens (including phenoxy) is 1. The van der Waals surface area contributed by atoms with Crippen molar-refractivity contribution in [1.29, 1.82) is 0 Å². The van der Waals surface area contributed by atoms with E-state index in [1.165, 1.54) is 5.56 Å². The zero-order valence-electron chi connectivity index (χ0n) is 10.0. The smallest absolute Gasteiger partial charge is 0.309 e. The maximum Gasteiger partial charge on any atom is 0.309 e. The number of benzene rings is 1. The van der Waals surface area contributed by atoms with Gasteiger partial charge in [-0.1, -0.05) is 30.3 Å². The Labute approximate surface area is 102 Å². The molecule has 1 aromatic rings. The van der Waals surface area contributed by atoms with Crippen LogP contribution in [0.4, 0.5) is 0 Å². The normalized spacial score (nSPS) is 31.3. The largest absolute Gasteiger partial charge is 0.459 e. The van der Waals surface area contributed by atoms with Gasteiger partial charge in [0.25, 0.3) is 0 Å². The summed E-state index contributed by atoms with van der Waals surface area (Å²) in [4.78, 5) is 11.7. The summed E-state index contributed by atoms with van der Waals surface area (Å²) in [6.07, 6.45) is 6.20. The van der Waals surface area contributed by atoms with Crippen LogP contribution in [0.2, 0.25) is 0 Å². The topological polar surface area (TPSA) is 26.3 Å². The number of carbonyl (C=O) groups excluding carboxylic acids is 1. The molecule has 0 unspecified atom stereocenters. The Bertz CT molecular complexity index is 402. The lowest BCUT2D eigenvalue weighted by Gasteiger charge is -2.45. The van der Waals surface area contributed by atoms with Crippen molar-refractivity contribution in [3.8, 4) is 0 Å². The fraction of sp³-hybridized carbons (Fsp3) is 0.533. The first-order valence-electron chi connectivity index (χ1n) is 6.54. The third-order valence-electron chi connectivity index (χ3n) is 4.26. The van der Waals surface area contributed by atoms with Crippen LogP contribution in [-0.2, 0) is 16.0 Å². The highest BCUT2D eigenvalue weighted by Gasteiger charge is 2.46. The number of esters is 1. The first-order chi connectivity index (χ1) is 8.27. The molecule has 1 aromatic carbocycles. The van der Waals surface area contributed by atoms with Gasteiger partial charge in [0, 0.05) is 0 Å². The van der Waals surface area contributed by atoms with Gasteiger partial charge in [0.15, 0.2) is 0 Å². The SMILES string of the molecule is O=C1OC2(CCc3ccccc3)CCC1CC2. The Kier molecular flexibility index (Phi) is 2.65. The fourth-order valence-corrected chi connectivity index (χ4v) is 3.10. The molecule has 1 aliphatic carbocycles. The second kappa shape index (κ2) is 4.17. The van der Waals surface area contributed by atoms with Gasteiger partial charge >= 0.3 is 5.97 Å². The minimum atomic E-state index is -0.137. The molecule has 0 spiro atoms. The lowest BCUT2D eigenvalue weighted by atomic mass is 9.73. The van der Waals surface area contributed by atoms with E-state index in [9.17, 15) is 4.79 Å². The second-order valence-corrected chi connectivity index (χ2v) is 5.36. The molecule has 0 amide bonds. The van der Waals surface area contributed by atoms with Gasteiger partial charge in [-0.3, -0.25) is 4.79 Å². The molecule has 3 aliphatic rings. The molecule has 2 heteroatoms. The predicted molar refractivity (Wildman–Crippen MR) is 65.5 cm³/mol. The Morgan fingerprint density at radius 2 is 1.88 bits per heavy atom. The van der Waals surface area contributed by atoms with Crippen molar-refractivity contribution in [3.63, 3.8) is 0 Å². The molecule has 2 nitrogen and oxygen atoms in total. The van der Waals surface area contributed by atoms with Crippen molar-refractivity contribution in [2.45, 2.75) is 44.1 Å². The van der Waals surface area contributed by atoms with Crippen molar-refractivity contribution >= 4 is 5.97 Å². The van der Waals surface area contributed by atoms with Crippen LogP contribution in [0, 0.1) is 5.92 Å². The Hall–Kier alpha value is -1.31. The van der Waals surface area contributed by atoms with Gasteiger partial charge in [-0.2, -0.15) is 0 Å². The molecule has 0 N–H and O–H groups in total. The van der Waals surface area contributed by atoms with Crippen molar-refractivity contribution in [2.75, 3.05) is 0 Å². The second-order valence-electron chi connectivity index (χ2n) is 5.36. The van der Waals surface area contributed by atoms with E-state index in [0.29, 0.717) is 0 Å². The average Bonchev–Trinajstić information content (AvgIpc) is 2.39. The lowest BCUT2D eigenvalue weighted by Crippen LogP contribution is -2.48.